The lowest BCUT2D eigenvalue weighted by atomic mass is 9.74. The molecule has 3 aliphatic carbocycles. The Morgan fingerprint density at radius 3 is 2.74 bits per heavy atom. The van der Waals surface area contributed by atoms with Crippen molar-refractivity contribution in [3.05, 3.63) is 65.3 Å². The van der Waals surface area contributed by atoms with Gasteiger partial charge in [-0.3, -0.25) is 0 Å². The van der Waals surface area contributed by atoms with Gasteiger partial charge in [0.1, 0.15) is 0 Å². The first kappa shape index (κ1) is 10.8. The smallest absolute Gasteiger partial charge is 0.0991 e. The predicted octanol–water partition coefficient (Wildman–Crippen LogP) is 4.24. The molecule has 0 saturated heterocycles. The summed E-state index contributed by atoms with van der Waals surface area (Å²) in [7, 11) is 0. The van der Waals surface area contributed by atoms with E-state index >= 15 is 0 Å². The van der Waals surface area contributed by atoms with E-state index in [9.17, 15) is 0 Å². The van der Waals surface area contributed by atoms with E-state index in [-0.39, 0.29) is 5.41 Å². The van der Waals surface area contributed by atoms with E-state index in [1.165, 1.54) is 41.5 Å². The predicted molar refractivity (Wildman–Crippen MR) is 76.1 cm³/mol. The zero-order valence-electron chi connectivity index (χ0n) is 10.8. The molecule has 1 aromatic rings. The lowest BCUT2D eigenvalue weighted by molar-refractivity contribution is 0.482. The van der Waals surface area contributed by atoms with E-state index in [2.05, 4.69) is 36.9 Å². The Labute approximate surface area is 113 Å². The van der Waals surface area contributed by atoms with Crippen LogP contribution >= 0.6 is 0 Å². The van der Waals surface area contributed by atoms with Gasteiger partial charge in [0.25, 0.3) is 0 Å². The van der Waals surface area contributed by atoms with Gasteiger partial charge in [-0.25, -0.2) is 0 Å². The molecule has 0 heterocycles. The van der Waals surface area contributed by atoms with Crippen LogP contribution in [-0.4, -0.2) is 0 Å². The lowest BCUT2D eigenvalue weighted by Gasteiger charge is -2.29. The minimum absolute atomic E-state index is 0.246. The summed E-state index contributed by atoms with van der Waals surface area (Å²) in [6, 6.07) is 10.2. The van der Waals surface area contributed by atoms with Gasteiger partial charge >= 0.3 is 0 Å². The first-order valence-electron chi connectivity index (χ1n) is 6.87. The van der Waals surface area contributed by atoms with Crippen LogP contribution in [0.1, 0.15) is 30.4 Å². The van der Waals surface area contributed by atoms with Crippen LogP contribution in [0.2, 0.25) is 0 Å². The molecule has 19 heavy (non-hydrogen) atoms. The van der Waals surface area contributed by atoms with Crippen LogP contribution in [-0.2, 0) is 0 Å². The number of rotatable bonds is 1. The maximum atomic E-state index is 8.90. The molecule has 3 aliphatic rings. The van der Waals surface area contributed by atoms with E-state index in [0.717, 1.165) is 5.56 Å². The molecule has 1 nitrogen and oxygen atoms in total. The number of nitrogens with zero attached hydrogens (tertiary/aromatic N) is 1. The molecule has 0 N–H and O–H groups in total. The maximum Gasteiger partial charge on any atom is 0.0991 e. The van der Waals surface area contributed by atoms with Crippen LogP contribution in [0, 0.1) is 22.7 Å². The Morgan fingerprint density at radius 1 is 1.21 bits per heavy atom. The molecule has 0 aromatic heterocycles. The normalized spacial score (nSPS) is 30.9. The van der Waals surface area contributed by atoms with Gasteiger partial charge in [-0.05, 0) is 53.7 Å². The lowest BCUT2D eigenvalue weighted by Crippen LogP contribution is -2.16. The molecule has 1 fully saturated rings. The number of hydrogen-bond donors (Lipinski definition) is 0. The topological polar surface area (TPSA) is 23.8 Å². The molecule has 4 rings (SSSR count). The summed E-state index contributed by atoms with van der Waals surface area (Å²) in [6.07, 6.45) is 8.41. The molecule has 0 radical (unpaired) electrons. The highest BCUT2D eigenvalue weighted by Gasteiger charge is 2.53. The molecule has 1 aromatic carbocycles. The van der Waals surface area contributed by atoms with Gasteiger partial charge in [-0.2, -0.15) is 5.26 Å². The molecular formula is C18H15N. The fraction of sp³-hybridized carbons (Fsp3) is 0.278. The van der Waals surface area contributed by atoms with E-state index in [1.54, 1.807) is 0 Å². The first-order valence-corrected chi connectivity index (χ1v) is 6.87. The van der Waals surface area contributed by atoms with Gasteiger partial charge in [0.05, 0.1) is 11.6 Å². The standard InChI is InChI=1S/C18H15N/c1-12-15-9-17(14-6-4-13(11-19)5-7-14)18(10-15)8-2-3-16(12)18/h3-7,9,15H,1-2,8,10H2/t15?,18-/m0/s1. The average Bonchev–Trinajstić information content (AvgIpc) is 3.10. The van der Waals surface area contributed by atoms with Gasteiger partial charge in [0, 0.05) is 11.3 Å². The zero-order valence-corrected chi connectivity index (χ0v) is 10.8. The average molecular weight is 245 g/mol. The minimum Gasteiger partial charge on any atom is -0.192 e. The first-order chi connectivity index (χ1) is 9.24. The van der Waals surface area contributed by atoms with Gasteiger partial charge in [-0.1, -0.05) is 30.9 Å². The van der Waals surface area contributed by atoms with Crippen LogP contribution in [0.25, 0.3) is 5.57 Å². The molecule has 0 amide bonds. The Bertz CT molecular complexity index is 681. The van der Waals surface area contributed by atoms with Crippen molar-refractivity contribution in [2.75, 3.05) is 0 Å². The number of fused-ring (bicyclic) bond motifs is 1. The van der Waals surface area contributed by atoms with Crippen molar-refractivity contribution in [2.24, 2.45) is 11.3 Å². The van der Waals surface area contributed by atoms with Crippen molar-refractivity contribution in [2.45, 2.75) is 19.3 Å². The summed E-state index contributed by atoms with van der Waals surface area (Å²) in [5.74, 6) is 0.539. The molecule has 1 unspecified atom stereocenters. The minimum atomic E-state index is 0.246. The van der Waals surface area contributed by atoms with E-state index in [0.29, 0.717) is 5.92 Å². The Hall–Kier alpha value is -2.07. The Balaban J connectivity index is 1.83. The third-order valence-corrected chi connectivity index (χ3v) is 5.01. The van der Waals surface area contributed by atoms with E-state index < -0.39 is 0 Å². The second-order valence-electron chi connectivity index (χ2n) is 5.84. The molecule has 1 saturated carbocycles. The molecule has 92 valence electrons. The van der Waals surface area contributed by atoms with Crippen molar-refractivity contribution in [1.82, 2.24) is 0 Å². The Kier molecular flexibility index (Phi) is 1.98. The number of allylic oxidation sites excluding steroid dienone is 5. The summed E-state index contributed by atoms with van der Waals surface area (Å²) in [5, 5.41) is 8.90. The highest BCUT2D eigenvalue weighted by atomic mass is 14.6. The molecule has 0 aliphatic heterocycles. The highest BCUT2D eigenvalue weighted by Crippen LogP contribution is 2.66. The molecule has 1 spiro atoms. The van der Waals surface area contributed by atoms with Crippen LogP contribution < -0.4 is 0 Å². The van der Waals surface area contributed by atoms with Crippen molar-refractivity contribution in [1.29, 1.82) is 5.26 Å². The van der Waals surface area contributed by atoms with Gasteiger partial charge in [0.15, 0.2) is 0 Å². The van der Waals surface area contributed by atoms with Crippen molar-refractivity contribution in [3.8, 4) is 6.07 Å². The number of benzene rings is 1. The van der Waals surface area contributed by atoms with Crippen LogP contribution in [0.4, 0.5) is 0 Å². The third-order valence-electron chi connectivity index (χ3n) is 5.01. The van der Waals surface area contributed by atoms with Crippen molar-refractivity contribution < 1.29 is 0 Å². The largest absolute Gasteiger partial charge is 0.192 e. The number of hydrogen-bond acceptors (Lipinski definition) is 1. The summed E-state index contributed by atoms with van der Waals surface area (Å²) in [6.45, 7) is 4.27. The van der Waals surface area contributed by atoms with Crippen molar-refractivity contribution >= 4 is 5.57 Å². The SMILES string of the molecule is C=C1C2=CCC[C@]23CC1C=C3c1ccc(C#N)cc1. The van der Waals surface area contributed by atoms with Crippen LogP contribution in [0.5, 0.6) is 0 Å². The highest BCUT2D eigenvalue weighted by molar-refractivity contribution is 5.82. The van der Waals surface area contributed by atoms with Crippen LogP contribution in [0.15, 0.2) is 54.1 Å². The second kappa shape index (κ2) is 3.48. The molecular weight excluding hydrogens is 230 g/mol. The molecule has 1 heteroatoms. The van der Waals surface area contributed by atoms with Crippen molar-refractivity contribution in [3.63, 3.8) is 0 Å². The van der Waals surface area contributed by atoms with E-state index in [1.807, 2.05) is 12.1 Å². The second-order valence-corrected chi connectivity index (χ2v) is 5.84. The number of nitriles is 1. The van der Waals surface area contributed by atoms with Crippen LogP contribution in [0.3, 0.4) is 0 Å². The quantitative estimate of drug-likeness (QED) is 0.726. The monoisotopic (exact) mass is 245 g/mol. The third kappa shape index (κ3) is 1.24. The molecule has 2 atom stereocenters. The van der Waals surface area contributed by atoms with E-state index in [4.69, 9.17) is 5.26 Å². The maximum absolute atomic E-state index is 8.90. The van der Waals surface area contributed by atoms with Gasteiger partial charge in [0.2, 0.25) is 0 Å². The molecule has 2 bridgehead atoms. The zero-order chi connectivity index (χ0) is 13.0. The van der Waals surface area contributed by atoms with Gasteiger partial charge in [-0.15, -0.1) is 0 Å². The fourth-order valence-corrected chi connectivity index (χ4v) is 4.15. The summed E-state index contributed by atoms with van der Waals surface area (Å²) >= 11 is 0. The van der Waals surface area contributed by atoms with Gasteiger partial charge < -0.3 is 0 Å². The summed E-state index contributed by atoms with van der Waals surface area (Å²) < 4.78 is 0. The summed E-state index contributed by atoms with van der Waals surface area (Å²) in [4.78, 5) is 0. The fourth-order valence-electron chi connectivity index (χ4n) is 4.15. The Morgan fingerprint density at radius 2 is 2.00 bits per heavy atom. The summed E-state index contributed by atoms with van der Waals surface area (Å²) in [5.41, 5.74) is 6.57.